The van der Waals surface area contributed by atoms with E-state index < -0.39 is 5.69 Å². The minimum Gasteiger partial charge on any atom is -0.496 e. The number of nitrogens with zero attached hydrogens (tertiary/aromatic N) is 3. The highest BCUT2D eigenvalue weighted by Crippen LogP contribution is 2.17. The molecule has 0 aliphatic carbocycles. The zero-order valence-electron chi connectivity index (χ0n) is 20.6. The van der Waals surface area contributed by atoms with Gasteiger partial charge in [0.1, 0.15) is 5.75 Å². The first kappa shape index (κ1) is 25.5. The van der Waals surface area contributed by atoms with Crippen molar-refractivity contribution in [1.29, 1.82) is 5.26 Å². The third-order valence-electron chi connectivity index (χ3n) is 6.30. The Hall–Kier alpha value is -4.64. The molecule has 37 heavy (non-hydrogen) atoms. The van der Waals surface area contributed by atoms with Crippen molar-refractivity contribution in [2.24, 2.45) is 0 Å². The van der Waals surface area contributed by atoms with E-state index in [1.807, 2.05) is 30.3 Å². The van der Waals surface area contributed by atoms with Gasteiger partial charge < -0.3 is 10.1 Å². The number of methoxy groups -OCH3 is 1. The quantitative estimate of drug-likeness (QED) is 0.338. The molecule has 0 radical (unpaired) electrons. The Bertz CT molecular complexity index is 1580. The van der Waals surface area contributed by atoms with Gasteiger partial charge in [0.2, 0.25) is 5.91 Å². The monoisotopic (exact) mass is 496 g/mol. The fourth-order valence-corrected chi connectivity index (χ4v) is 4.35. The van der Waals surface area contributed by atoms with Crippen LogP contribution in [-0.2, 0) is 24.4 Å². The Balaban J connectivity index is 1.46. The summed E-state index contributed by atoms with van der Waals surface area (Å²) >= 11 is 0. The molecule has 1 N–H and O–H groups in total. The van der Waals surface area contributed by atoms with E-state index in [4.69, 9.17) is 4.74 Å². The van der Waals surface area contributed by atoms with Gasteiger partial charge in [-0.3, -0.25) is 18.7 Å². The van der Waals surface area contributed by atoms with Crippen LogP contribution in [0.25, 0.3) is 10.9 Å². The SMILES string of the molecule is COc1ccccc1CNC(=O)CCCCn1c(=O)c2ccccc2n(Cc2ccccc2C#N)c1=O. The van der Waals surface area contributed by atoms with E-state index in [0.717, 1.165) is 5.56 Å². The molecule has 3 aromatic carbocycles. The average Bonchev–Trinajstić information content (AvgIpc) is 2.94. The molecule has 4 aromatic rings. The molecule has 0 bridgehead atoms. The number of hydrogen-bond donors (Lipinski definition) is 1. The van der Waals surface area contributed by atoms with Crippen molar-refractivity contribution in [3.05, 3.63) is 110 Å². The molecule has 0 unspecified atom stereocenters. The number of fused-ring (bicyclic) bond motifs is 1. The molecule has 0 atom stereocenters. The van der Waals surface area contributed by atoms with Crippen molar-refractivity contribution in [2.75, 3.05) is 7.11 Å². The molecular formula is C29H28N4O4. The van der Waals surface area contributed by atoms with Crippen molar-refractivity contribution in [2.45, 2.75) is 38.9 Å². The summed E-state index contributed by atoms with van der Waals surface area (Å²) in [4.78, 5) is 38.9. The Kier molecular flexibility index (Phi) is 8.16. The minimum absolute atomic E-state index is 0.109. The van der Waals surface area contributed by atoms with Crippen LogP contribution in [0.5, 0.6) is 5.75 Å². The molecule has 0 fully saturated rings. The number of nitrogens with one attached hydrogen (secondary N) is 1. The van der Waals surface area contributed by atoms with E-state index in [2.05, 4.69) is 11.4 Å². The Morgan fingerprint density at radius 2 is 1.62 bits per heavy atom. The summed E-state index contributed by atoms with van der Waals surface area (Å²) < 4.78 is 8.07. The number of para-hydroxylation sites is 2. The highest BCUT2D eigenvalue weighted by atomic mass is 16.5. The molecular weight excluding hydrogens is 468 g/mol. The lowest BCUT2D eigenvalue weighted by atomic mass is 10.1. The van der Waals surface area contributed by atoms with Gasteiger partial charge in [0.05, 0.1) is 36.2 Å². The zero-order chi connectivity index (χ0) is 26.2. The number of hydrogen-bond acceptors (Lipinski definition) is 5. The summed E-state index contributed by atoms with van der Waals surface area (Å²) in [7, 11) is 1.59. The topological polar surface area (TPSA) is 106 Å². The summed E-state index contributed by atoms with van der Waals surface area (Å²) in [6, 6.07) is 23.7. The standard InChI is InChI=1S/C29H28N4O4/c1-37-26-15-7-4-11-22(26)19-31-27(34)16-8-9-17-32-28(35)24-13-5-6-14-25(24)33(29(32)36)20-23-12-3-2-10-21(23)18-30/h2-7,10-15H,8-9,16-17,19-20H2,1H3,(H,31,34). The molecule has 8 heteroatoms. The van der Waals surface area contributed by atoms with Crippen molar-refractivity contribution >= 4 is 16.8 Å². The fraction of sp³-hybridized carbons (Fsp3) is 0.241. The van der Waals surface area contributed by atoms with E-state index in [0.29, 0.717) is 47.2 Å². The predicted octanol–water partition coefficient (Wildman–Crippen LogP) is 3.58. The van der Waals surface area contributed by atoms with Gasteiger partial charge in [-0.1, -0.05) is 48.5 Å². The van der Waals surface area contributed by atoms with Crippen LogP contribution in [0, 0.1) is 11.3 Å². The molecule has 4 rings (SSSR count). The molecule has 0 spiro atoms. The number of amides is 1. The molecule has 1 aromatic heterocycles. The van der Waals surface area contributed by atoms with Crippen molar-refractivity contribution in [1.82, 2.24) is 14.5 Å². The molecule has 0 saturated heterocycles. The average molecular weight is 497 g/mol. The second-order valence-electron chi connectivity index (χ2n) is 8.66. The Morgan fingerprint density at radius 3 is 2.41 bits per heavy atom. The second kappa shape index (κ2) is 11.9. The first-order valence-corrected chi connectivity index (χ1v) is 12.1. The normalized spacial score (nSPS) is 10.7. The number of nitriles is 1. The molecule has 8 nitrogen and oxygen atoms in total. The van der Waals surface area contributed by atoms with Gasteiger partial charge in [0.15, 0.2) is 0 Å². The summed E-state index contributed by atoms with van der Waals surface area (Å²) in [5.74, 6) is 0.606. The van der Waals surface area contributed by atoms with Gasteiger partial charge in [-0.05, 0) is 42.7 Å². The highest BCUT2D eigenvalue weighted by Gasteiger charge is 2.14. The van der Waals surface area contributed by atoms with Crippen LogP contribution >= 0.6 is 0 Å². The maximum atomic E-state index is 13.4. The van der Waals surface area contributed by atoms with Gasteiger partial charge in [-0.2, -0.15) is 5.26 Å². The lowest BCUT2D eigenvalue weighted by Crippen LogP contribution is -2.40. The maximum Gasteiger partial charge on any atom is 0.331 e. The maximum absolute atomic E-state index is 13.4. The highest BCUT2D eigenvalue weighted by molar-refractivity contribution is 5.78. The van der Waals surface area contributed by atoms with Crippen LogP contribution in [0.15, 0.2) is 82.4 Å². The largest absolute Gasteiger partial charge is 0.496 e. The van der Waals surface area contributed by atoms with Crippen molar-refractivity contribution in [3.63, 3.8) is 0 Å². The van der Waals surface area contributed by atoms with Crippen LogP contribution in [0.2, 0.25) is 0 Å². The molecule has 188 valence electrons. The Morgan fingerprint density at radius 1 is 0.919 bits per heavy atom. The van der Waals surface area contributed by atoms with Gasteiger partial charge in [-0.15, -0.1) is 0 Å². The summed E-state index contributed by atoms with van der Waals surface area (Å²) in [6.45, 7) is 0.735. The number of aromatic nitrogens is 2. The lowest BCUT2D eigenvalue weighted by Gasteiger charge is -2.15. The van der Waals surface area contributed by atoms with Gasteiger partial charge in [-0.25, -0.2) is 4.79 Å². The van der Waals surface area contributed by atoms with Crippen LogP contribution in [-0.4, -0.2) is 22.2 Å². The Labute approximate surface area is 214 Å². The van der Waals surface area contributed by atoms with Gasteiger partial charge in [0, 0.05) is 25.1 Å². The predicted molar refractivity (Wildman–Crippen MR) is 141 cm³/mol. The molecule has 1 heterocycles. The summed E-state index contributed by atoms with van der Waals surface area (Å²) in [5.41, 5.74) is 1.81. The summed E-state index contributed by atoms with van der Waals surface area (Å²) in [6.07, 6.45) is 1.29. The second-order valence-corrected chi connectivity index (χ2v) is 8.66. The van der Waals surface area contributed by atoms with E-state index in [-0.39, 0.29) is 31.0 Å². The number of carbonyl (C=O) groups is 1. The van der Waals surface area contributed by atoms with Crippen molar-refractivity contribution in [3.8, 4) is 11.8 Å². The number of rotatable bonds is 10. The fourth-order valence-electron chi connectivity index (χ4n) is 4.35. The molecule has 1 amide bonds. The molecule has 0 saturated carbocycles. The van der Waals surface area contributed by atoms with Crippen LogP contribution in [0.1, 0.15) is 36.0 Å². The third kappa shape index (κ3) is 5.78. The molecule has 0 aliphatic rings. The first-order valence-electron chi connectivity index (χ1n) is 12.1. The minimum atomic E-state index is -0.433. The first-order chi connectivity index (χ1) is 18.0. The van der Waals surface area contributed by atoms with Crippen LogP contribution in [0.4, 0.5) is 0 Å². The lowest BCUT2D eigenvalue weighted by molar-refractivity contribution is -0.121. The summed E-state index contributed by atoms with van der Waals surface area (Å²) in [5, 5.41) is 12.8. The van der Waals surface area contributed by atoms with Crippen LogP contribution < -0.4 is 21.3 Å². The molecule has 0 aliphatic heterocycles. The number of carbonyl (C=O) groups excluding carboxylic acids is 1. The number of unbranched alkanes of at least 4 members (excludes halogenated alkanes) is 1. The zero-order valence-corrected chi connectivity index (χ0v) is 20.6. The van der Waals surface area contributed by atoms with E-state index in [1.165, 1.54) is 9.13 Å². The number of ether oxygens (including phenoxy) is 1. The van der Waals surface area contributed by atoms with E-state index >= 15 is 0 Å². The smallest absolute Gasteiger partial charge is 0.331 e. The van der Waals surface area contributed by atoms with Gasteiger partial charge >= 0.3 is 5.69 Å². The number of benzene rings is 3. The van der Waals surface area contributed by atoms with Gasteiger partial charge in [0.25, 0.3) is 5.56 Å². The van der Waals surface area contributed by atoms with Crippen molar-refractivity contribution < 1.29 is 9.53 Å². The van der Waals surface area contributed by atoms with E-state index in [1.54, 1.807) is 49.6 Å². The van der Waals surface area contributed by atoms with Crippen LogP contribution in [0.3, 0.4) is 0 Å². The third-order valence-corrected chi connectivity index (χ3v) is 6.30. The van der Waals surface area contributed by atoms with E-state index in [9.17, 15) is 19.6 Å².